The number of carbonyl (C=O) groups is 1. The summed E-state index contributed by atoms with van der Waals surface area (Å²) in [5, 5.41) is 0. The van der Waals surface area contributed by atoms with Crippen LogP contribution in [0.4, 0.5) is 4.39 Å². The lowest BCUT2D eigenvalue weighted by Gasteiger charge is -2.13. The molecule has 0 aliphatic heterocycles. The first-order chi connectivity index (χ1) is 8.04. The number of benzene rings is 1. The standard InChI is InChI=1S/C12H16FNO3/c1-3-16-12(15)7-17-11-6-9(13)4-5-10(11)8(2)14/h4-6,8H,3,7,14H2,1-2H3/t8-/m0/s1. The van der Waals surface area contributed by atoms with Crippen LogP contribution < -0.4 is 10.5 Å². The molecule has 0 fully saturated rings. The maximum Gasteiger partial charge on any atom is 0.344 e. The number of nitrogens with two attached hydrogens (primary N) is 1. The molecule has 1 aromatic rings. The zero-order valence-electron chi connectivity index (χ0n) is 9.90. The SMILES string of the molecule is CCOC(=O)COc1cc(F)ccc1[C@H](C)N. The average Bonchev–Trinajstić information content (AvgIpc) is 2.26. The fraction of sp³-hybridized carbons (Fsp3) is 0.417. The van der Waals surface area contributed by atoms with Crippen molar-refractivity contribution in [2.75, 3.05) is 13.2 Å². The van der Waals surface area contributed by atoms with E-state index in [1.54, 1.807) is 19.9 Å². The van der Waals surface area contributed by atoms with Crippen molar-refractivity contribution in [3.8, 4) is 5.75 Å². The Hall–Kier alpha value is -1.62. The maximum absolute atomic E-state index is 13.0. The summed E-state index contributed by atoms with van der Waals surface area (Å²) in [4.78, 5) is 11.1. The molecule has 0 unspecified atom stereocenters. The number of ether oxygens (including phenoxy) is 2. The Morgan fingerprint density at radius 2 is 2.24 bits per heavy atom. The number of esters is 1. The lowest BCUT2D eigenvalue weighted by Crippen LogP contribution is -2.16. The minimum absolute atomic E-state index is 0.253. The summed E-state index contributed by atoms with van der Waals surface area (Å²) in [5.74, 6) is -0.659. The highest BCUT2D eigenvalue weighted by atomic mass is 19.1. The van der Waals surface area contributed by atoms with E-state index in [0.29, 0.717) is 5.56 Å². The first kappa shape index (κ1) is 13.4. The summed E-state index contributed by atoms with van der Waals surface area (Å²) in [5.41, 5.74) is 6.36. The normalized spacial score (nSPS) is 12.0. The molecule has 0 saturated carbocycles. The number of carbonyl (C=O) groups excluding carboxylic acids is 1. The molecule has 0 aromatic heterocycles. The van der Waals surface area contributed by atoms with Crippen LogP contribution in [0.1, 0.15) is 25.5 Å². The van der Waals surface area contributed by atoms with Crippen LogP contribution in [0.15, 0.2) is 18.2 Å². The van der Waals surface area contributed by atoms with E-state index < -0.39 is 11.8 Å². The Morgan fingerprint density at radius 1 is 1.53 bits per heavy atom. The van der Waals surface area contributed by atoms with Crippen molar-refractivity contribution < 1.29 is 18.7 Å². The van der Waals surface area contributed by atoms with E-state index in [-0.39, 0.29) is 25.0 Å². The zero-order chi connectivity index (χ0) is 12.8. The van der Waals surface area contributed by atoms with Gasteiger partial charge in [0.2, 0.25) is 0 Å². The zero-order valence-corrected chi connectivity index (χ0v) is 9.90. The Labute approximate surface area is 99.5 Å². The van der Waals surface area contributed by atoms with E-state index in [4.69, 9.17) is 15.2 Å². The number of rotatable bonds is 5. The summed E-state index contributed by atoms with van der Waals surface area (Å²) >= 11 is 0. The van der Waals surface area contributed by atoms with Gasteiger partial charge in [-0.3, -0.25) is 0 Å². The molecule has 4 nitrogen and oxygen atoms in total. The summed E-state index contributed by atoms with van der Waals surface area (Å²) < 4.78 is 23.0. The lowest BCUT2D eigenvalue weighted by molar-refractivity contribution is -0.145. The van der Waals surface area contributed by atoms with Gasteiger partial charge in [-0.25, -0.2) is 9.18 Å². The number of hydrogen-bond donors (Lipinski definition) is 1. The van der Waals surface area contributed by atoms with Crippen LogP contribution in [0.2, 0.25) is 0 Å². The molecule has 0 saturated heterocycles. The van der Waals surface area contributed by atoms with Gasteiger partial charge in [0.25, 0.3) is 0 Å². The third-order valence-electron chi connectivity index (χ3n) is 2.12. The first-order valence-electron chi connectivity index (χ1n) is 5.38. The number of hydrogen-bond acceptors (Lipinski definition) is 4. The minimum Gasteiger partial charge on any atom is -0.481 e. The van der Waals surface area contributed by atoms with Gasteiger partial charge in [-0.15, -0.1) is 0 Å². The van der Waals surface area contributed by atoms with Gasteiger partial charge in [0.1, 0.15) is 11.6 Å². The summed E-state index contributed by atoms with van der Waals surface area (Å²) in [6, 6.07) is 3.75. The Bertz CT molecular complexity index is 393. The smallest absolute Gasteiger partial charge is 0.344 e. The fourth-order valence-electron chi connectivity index (χ4n) is 1.35. The van der Waals surface area contributed by atoms with E-state index in [1.165, 1.54) is 12.1 Å². The van der Waals surface area contributed by atoms with E-state index in [1.807, 2.05) is 0 Å². The second-order valence-corrected chi connectivity index (χ2v) is 3.56. The summed E-state index contributed by atoms with van der Waals surface area (Å²) in [6.07, 6.45) is 0. The third kappa shape index (κ3) is 4.03. The van der Waals surface area contributed by atoms with Gasteiger partial charge in [0.15, 0.2) is 6.61 Å². The molecule has 0 spiro atoms. The van der Waals surface area contributed by atoms with Gasteiger partial charge >= 0.3 is 5.97 Å². The predicted octanol–water partition coefficient (Wildman–Crippen LogP) is 1.79. The maximum atomic E-state index is 13.0. The topological polar surface area (TPSA) is 61.5 Å². The van der Waals surface area contributed by atoms with E-state index in [2.05, 4.69) is 0 Å². The van der Waals surface area contributed by atoms with Gasteiger partial charge < -0.3 is 15.2 Å². The van der Waals surface area contributed by atoms with E-state index in [9.17, 15) is 9.18 Å². The molecule has 0 heterocycles. The fourth-order valence-corrected chi connectivity index (χ4v) is 1.35. The lowest BCUT2D eigenvalue weighted by atomic mass is 10.1. The molecule has 1 aromatic carbocycles. The van der Waals surface area contributed by atoms with Crippen LogP contribution in [-0.4, -0.2) is 19.2 Å². The molecule has 5 heteroatoms. The highest BCUT2D eigenvalue weighted by Crippen LogP contribution is 2.24. The molecule has 94 valence electrons. The average molecular weight is 241 g/mol. The quantitative estimate of drug-likeness (QED) is 0.798. The van der Waals surface area contributed by atoms with Gasteiger partial charge in [0, 0.05) is 17.7 Å². The van der Waals surface area contributed by atoms with Gasteiger partial charge in [-0.1, -0.05) is 6.07 Å². The summed E-state index contributed by atoms with van der Waals surface area (Å²) in [6.45, 7) is 3.49. The van der Waals surface area contributed by atoms with Crippen molar-refractivity contribution >= 4 is 5.97 Å². The molecular formula is C12H16FNO3. The van der Waals surface area contributed by atoms with Gasteiger partial charge in [-0.2, -0.15) is 0 Å². The molecule has 0 bridgehead atoms. The van der Waals surface area contributed by atoms with Crippen LogP contribution in [0.3, 0.4) is 0 Å². The first-order valence-corrected chi connectivity index (χ1v) is 5.38. The molecule has 2 N–H and O–H groups in total. The van der Waals surface area contributed by atoms with Crippen LogP contribution in [0.25, 0.3) is 0 Å². The van der Waals surface area contributed by atoms with Crippen LogP contribution >= 0.6 is 0 Å². The van der Waals surface area contributed by atoms with Crippen LogP contribution in [0, 0.1) is 5.82 Å². The highest BCUT2D eigenvalue weighted by Gasteiger charge is 2.11. The molecule has 0 aliphatic carbocycles. The molecule has 0 amide bonds. The minimum atomic E-state index is -0.493. The molecule has 0 aliphatic rings. The Kier molecular flexibility index (Phi) is 4.90. The van der Waals surface area contributed by atoms with Crippen molar-refractivity contribution in [1.29, 1.82) is 0 Å². The van der Waals surface area contributed by atoms with Crippen molar-refractivity contribution in [2.24, 2.45) is 5.73 Å². The molecular weight excluding hydrogens is 225 g/mol. The monoisotopic (exact) mass is 241 g/mol. The molecule has 17 heavy (non-hydrogen) atoms. The molecule has 0 radical (unpaired) electrons. The van der Waals surface area contributed by atoms with Crippen molar-refractivity contribution in [3.05, 3.63) is 29.6 Å². The Morgan fingerprint density at radius 3 is 2.82 bits per heavy atom. The largest absolute Gasteiger partial charge is 0.481 e. The highest BCUT2D eigenvalue weighted by molar-refractivity contribution is 5.71. The van der Waals surface area contributed by atoms with Crippen LogP contribution in [0.5, 0.6) is 5.75 Å². The van der Waals surface area contributed by atoms with Gasteiger partial charge in [-0.05, 0) is 19.9 Å². The third-order valence-corrected chi connectivity index (χ3v) is 2.12. The van der Waals surface area contributed by atoms with E-state index >= 15 is 0 Å². The summed E-state index contributed by atoms with van der Waals surface area (Å²) in [7, 11) is 0. The van der Waals surface area contributed by atoms with Crippen molar-refractivity contribution in [3.63, 3.8) is 0 Å². The second-order valence-electron chi connectivity index (χ2n) is 3.56. The van der Waals surface area contributed by atoms with Crippen molar-refractivity contribution in [1.82, 2.24) is 0 Å². The predicted molar refractivity (Wildman–Crippen MR) is 61.1 cm³/mol. The number of halogens is 1. The van der Waals surface area contributed by atoms with Gasteiger partial charge in [0.05, 0.1) is 6.61 Å². The second kappa shape index (κ2) is 6.20. The Balaban J connectivity index is 2.75. The van der Waals surface area contributed by atoms with Crippen LogP contribution in [-0.2, 0) is 9.53 Å². The molecule has 1 rings (SSSR count). The van der Waals surface area contributed by atoms with Crippen molar-refractivity contribution in [2.45, 2.75) is 19.9 Å². The van der Waals surface area contributed by atoms with E-state index in [0.717, 1.165) is 0 Å². The molecule has 1 atom stereocenters.